The Hall–Kier alpha value is -1.88. The van der Waals surface area contributed by atoms with Gasteiger partial charge in [0.25, 0.3) is 0 Å². The van der Waals surface area contributed by atoms with Gasteiger partial charge in [-0.2, -0.15) is 0 Å². The molecule has 1 saturated carbocycles. The van der Waals surface area contributed by atoms with Gasteiger partial charge in [0.05, 0.1) is 6.61 Å². The highest BCUT2D eigenvalue weighted by Crippen LogP contribution is 2.26. The maximum absolute atomic E-state index is 11.7. The number of nitrogens with zero attached hydrogens (tertiary/aromatic N) is 2. The molecule has 3 rings (SSSR count). The smallest absolute Gasteiger partial charge is 0.333 e. The Balaban J connectivity index is 1.47. The molecule has 1 saturated heterocycles. The Morgan fingerprint density at radius 3 is 2.81 bits per heavy atom. The minimum atomic E-state index is -0.274. The molecule has 0 unspecified atom stereocenters. The lowest BCUT2D eigenvalue weighted by atomic mass is 9.89. The van der Waals surface area contributed by atoms with Crippen LogP contribution in [-0.2, 0) is 9.53 Å². The quantitative estimate of drug-likeness (QED) is 0.577. The van der Waals surface area contributed by atoms with Crippen molar-refractivity contribution < 1.29 is 9.53 Å². The van der Waals surface area contributed by atoms with Crippen molar-refractivity contribution in [3.05, 3.63) is 29.5 Å². The van der Waals surface area contributed by atoms with Crippen LogP contribution in [0.15, 0.2) is 23.9 Å². The lowest BCUT2D eigenvalue weighted by Gasteiger charge is -2.26. The molecule has 1 aliphatic heterocycles. The van der Waals surface area contributed by atoms with Crippen molar-refractivity contribution in [2.45, 2.75) is 58.4 Å². The third kappa shape index (κ3) is 6.06. The Morgan fingerprint density at radius 2 is 2.11 bits per heavy atom. The van der Waals surface area contributed by atoms with Gasteiger partial charge in [-0.25, -0.2) is 9.78 Å². The van der Waals surface area contributed by atoms with Gasteiger partial charge in [-0.05, 0) is 62.8 Å². The van der Waals surface area contributed by atoms with Crippen molar-refractivity contribution in [3.8, 4) is 0 Å². The molecule has 5 nitrogen and oxygen atoms in total. The second kappa shape index (κ2) is 9.88. The van der Waals surface area contributed by atoms with Crippen LogP contribution in [-0.4, -0.2) is 48.1 Å². The van der Waals surface area contributed by atoms with Gasteiger partial charge in [-0.3, -0.25) is 0 Å². The van der Waals surface area contributed by atoms with E-state index in [0.29, 0.717) is 18.2 Å². The van der Waals surface area contributed by atoms with E-state index in [1.807, 2.05) is 25.1 Å². The molecule has 0 spiro atoms. The Labute approximate surface area is 163 Å². The van der Waals surface area contributed by atoms with E-state index in [9.17, 15) is 4.79 Å². The average Bonchev–Trinajstić information content (AvgIpc) is 3.11. The Bertz CT molecular complexity index is 635. The number of ether oxygens (including phenoxy) is 1. The van der Waals surface area contributed by atoms with Gasteiger partial charge in [-0.1, -0.05) is 19.3 Å². The van der Waals surface area contributed by atoms with Gasteiger partial charge < -0.3 is 15.0 Å². The molecular formula is C22H33N3O2. The maximum atomic E-state index is 11.7. The van der Waals surface area contributed by atoms with Gasteiger partial charge in [0.15, 0.2) is 0 Å². The minimum absolute atomic E-state index is 0.274. The van der Waals surface area contributed by atoms with E-state index in [4.69, 9.17) is 4.74 Å². The number of aromatic nitrogens is 1. The van der Waals surface area contributed by atoms with E-state index >= 15 is 0 Å². The molecule has 1 aliphatic carbocycles. The lowest BCUT2D eigenvalue weighted by molar-refractivity contribution is -0.138. The molecule has 1 N–H and O–H groups in total. The standard InChI is InChI=1S/C22H33N3O2/c1-3-27-22(26)17(2)13-19-9-10-21(23-14-19)24-20-11-12-25(16-20)15-18-7-5-4-6-8-18/h9-10,13-14,18,20H,3-8,11-12,15-16H2,1-2H3,(H,23,24)/b17-13+/t20-/m1/s1. The zero-order valence-electron chi connectivity index (χ0n) is 16.7. The monoisotopic (exact) mass is 371 g/mol. The number of likely N-dealkylation sites (tertiary alicyclic amines) is 1. The van der Waals surface area contributed by atoms with Crippen molar-refractivity contribution in [1.29, 1.82) is 0 Å². The predicted octanol–water partition coefficient (Wildman–Crippen LogP) is 4.11. The third-order valence-corrected chi connectivity index (χ3v) is 5.63. The summed E-state index contributed by atoms with van der Waals surface area (Å²) in [6.45, 7) is 7.54. The number of rotatable bonds is 7. The second-order valence-corrected chi connectivity index (χ2v) is 7.92. The van der Waals surface area contributed by atoms with Crippen LogP contribution >= 0.6 is 0 Å². The van der Waals surface area contributed by atoms with E-state index in [0.717, 1.165) is 23.8 Å². The number of carbonyl (C=O) groups excluding carboxylic acids is 1. The summed E-state index contributed by atoms with van der Waals surface area (Å²) in [5.74, 6) is 1.54. The number of nitrogens with one attached hydrogen (secondary N) is 1. The molecule has 27 heavy (non-hydrogen) atoms. The highest BCUT2D eigenvalue weighted by atomic mass is 16.5. The maximum Gasteiger partial charge on any atom is 0.333 e. The van der Waals surface area contributed by atoms with Crippen LogP contribution in [0.5, 0.6) is 0 Å². The molecule has 5 heteroatoms. The number of esters is 1. The second-order valence-electron chi connectivity index (χ2n) is 7.92. The van der Waals surface area contributed by atoms with Crippen molar-refractivity contribution >= 4 is 17.9 Å². The van der Waals surface area contributed by atoms with Crippen LogP contribution in [0.3, 0.4) is 0 Å². The molecule has 1 aromatic rings. The van der Waals surface area contributed by atoms with Crippen molar-refractivity contribution in [3.63, 3.8) is 0 Å². The Morgan fingerprint density at radius 1 is 1.30 bits per heavy atom. The normalized spacial score (nSPS) is 22.0. The summed E-state index contributed by atoms with van der Waals surface area (Å²) in [5.41, 5.74) is 1.50. The van der Waals surface area contributed by atoms with Crippen LogP contribution in [0.4, 0.5) is 5.82 Å². The summed E-state index contributed by atoms with van der Waals surface area (Å²) in [6.07, 6.45) is 11.9. The summed E-state index contributed by atoms with van der Waals surface area (Å²) in [4.78, 5) is 18.8. The fourth-order valence-corrected chi connectivity index (χ4v) is 4.19. The van der Waals surface area contributed by atoms with E-state index in [1.165, 1.54) is 51.6 Å². The largest absolute Gasteiger partial charge is 0.463 e. The third-order valence-electron chi connectivity index (χ3n) is 5.63. The van der Waals surface area contributed by atoms with Crippen LogP contribution in [0.2, 0.25) is 0 Å². The van der Waals surface area contributed by atoms with E-state index in [2.05, 4.69) is 15.2 Å². The Kier molecular flexibility index (Phi) is 7.27. The van der Waals surface area contributed by atoms with Crippen molar-refractivity contribution in [1.82, 2.24) is 9.88 Å². The summed E-state index contributed by atoms with van der Waals surface area (Å²) < 4.78 is 5.01. The molecule has 2 heterocycles. The molecule has 1 aromatic heterocycles. The summed E-state index contributed by atoms with van der Waals surface area (Å²) in [7, 11) is 0. The fourth-order valence-electron chi connectivity index (χ4n) is 4.19. The van der Waals surface area contributed by atoms with E-state index in [1.54, 1.807) is 13.1 Å². The highest BCUT2D eigenvalue weighted by Gasteiger charge is 2.25. The first-order valence-corrected chi connectivity index (χ1v) is 10.4. The number of hydrogen-bond acceptors (Lipinski definition) is 5. The van der Waals surface area contributed by atoms with Crippen molar-refractivity contribution in [2.75, 3.05) is 31.6 Å². The summed E-state index contributed by atoms with van der Waals surface area (Å²) in [5, 5.41) is 3.57. The van der Waals surface area contributed by atoms with Gasteiger partial charge in [0.2, 0.25) is 0 Å². The molecule has 0 radical (unpaired) electrons. The number of anilines is 1. The molecule has 0 aromatic carbocycles. The van der Waals surface area contributed by atoms with Crippen LogP contribution < -0.4 is 5.32 Å². The van der Waals surface area contributed by atoms with Crippen LogP contribution in [0, 0.1) is 5.92 Å². The molecule has 1 atom stereocenters. The molecule has 0 amide bonds. The minimum Gasteiger partial charge on any atom is -0.463 e. The van der Waals surface area contributed by atoms with E-state index < -0.39 is 0 Å². The first-order chi connectivity index (χ1) is 13.1. The number of carbonyl (C=O) groups is 1. The van der Waals surface area contributed by atoms with Crippen molar-refractivity contribution in [2.24, 2.45) is 5.92 Å². The van der Waals surface area contributed by atoms with Gasteiger partial charge in [0.1, 0.15) is 5.82 Å². The van der Waals surface area contributed by atoms with E-state index in [-0.39, 0.29) is 5.97 Å². The molecule has 2 fully saturated rings. The lowest BCUT2D eigenvalue weighted by Crippen LogP contribution is -2.31. The van der Waals surface area contributed by atoms with Gasteiger partial charge >= 0.3 is 5.97 Å². The number of hydrogen-bond donors (Lipinski definition) is 1. The topological polar surface area (TPSA) is 54.5 Å². The highest BCUT2D eigenvalue weighted by molar-refractivity contribution is 5.92. The SMILES string of the molecule is CCOC(=O)/C(C)=C/c1ccc(N[C@@H]2CCN(CC3CCCCC3)C2)nc1. The van der Waals surface area contributed by atoms with Gasteiger partial charge in [0, 0.05) is 37.4 Å². The zero-order valence-corrected chi connectivity index (χ0v) is 16.7. The first kappa shape index (κ1) is 19.9. The van der Waals surface area contributed by atoms with Gasteiger partial charge in [-0.15, -0.1) is 0 Å². The van der Waals surface area contributed by atoms with Crippen LogP contribution in [0.1, 0.15) is 57.9 Å². The predicted molar refractivity (Wildman–Crippen MR) is 110 cm³/mol. The number of pyridine rings is 1. The molecular weight excluding hydrogens is 338 g/mol. The molecule has 2 aliphatic rings. The average molecular weight is 372 g/mol. The summed E-state index contributed by atoms with van der Waals surface area (Å²) in [6, 6.07) is 4.46. The summed E-state index contributed by atoms with van der Waals surface area (Å²) >= 11 is 0. The van der Waals surface area contributed by atoms with Crippen LogP contribution in [0.25, 0.3) is 6.08 Å². The molecule has 0 bridgehead atoms. The zero-order chi connectivity index (χ0) is 19.1. The molecule has 148 valence electrons. The fraction of sp³-hybridized carbons (Fsp3) is 0.636. The first-order valence-electron chi connectivity index (χ1n) is 10.4.